The number of hydrogen-bond donors (Lipinski definition) is 1. The van der Waals surface area contributed by atoms with Crippen molar-refractivity contribution in [2.45, 2.75) is 58.7 Å². The highest BCUT2D eigenvalue weighted by molar-refractivity contribution is 5.77. The number of hydrogen-bond acceptors (Lipinski definition) is 4. The predicted molar refractivity (Wildman–Crippen MR) is 75.4 cm³/mol. The lowest BCUT2D eigenvalue weighted by Crippen LogP contribution is -2.48. The van der Waals surface area contributed by atoms with E-state index in [0.29, 0.717) is 12.0 Å². The summed E-state index contributed by atoms with van der Waals surface area (Å²) in [6.07, 6.45) is 1.66. The van der Waals surface area contributed by atoms with E-state index in [-0.39, 0.29) is 6.04 Å². The highest BCUT2D eigenvalue weighted by Gasteiger charge is 2.34. The standard InChI is InChI=1S/C14H23N3O3/c1-10(2)17-11(7-8-15-17)14(6,9-18)16-12(19)20-13(3,4)5/h7-10H,1-6H3,(H,16,19). The van der Waals surface area contributed by atoms with E-state index in [4.69, 9.17) is 4.74 Å². The van der Waals surface area contributed by atoms with Crippen LogP contribution in [0.25, 0.3) is 0 Å². The summed E-state index contributed by atoms with van der Waals surface area (Å²) in [6, 6.07) is 1.80. The Hall–Kier alpha value is -1.85. The maximum Gasteiger partial charge on any atom is 0.408 e. The van der Waals surface area contributed by atoms with Crippen molar-refractivity contribution >= 4 is 12.4 Å². The van der Waals surface area contributed by atoms with Gasteiger partial charge in [-0.2, -0.15) is 5.10 Å². The number of aldehydes is 1. The molecule has 1 unspecified atom stereocenters. The number of amides is 1. The molecule has 20 heavy (non-hydrogen) atoms. The molecule has 0 spiro atoms. The second-order valence-corrected chi connectivity index (χ2v) is 6.20. The van der Waals surface area contributed by atoms with Gasteiger partial charge in [0, 0.05) is 12.2 Å². The van der Waals surface area contributed by atoms with Gasteiger partial charge in [0.15, 0.2) is 6.29 Å². The van der Waals surface area contributed by atoms with Crippen molar-refractivity contribution in [2.75, 3.05) is 0 Å². The molecule has 112 valence electrons. The van der Waals surface area contributed by atoms with Crippen LogP contribution < -0.4 is 5.32 Å². The highest BCUT2D eigenvalue weighted by Crippen LogP contribution is 2.22. The first kappa shape index (κ1) is 16.2. The molecule has 1 N–H and O–H groups in total. The van der Waals surface area contributed by atoms with Crippen LogP contribution in [-0.2, 0) is 15.1 Å². The van der Waals surface area contributed by atoms with Crippen molar-refractivity contribution in [1.82, 2.24) is 15.1 Å². The third kappa shape index (κ3) is 3.82. The number of alkyl carbamates (subject to hydrolysis) is 1. The maximum absolute atomic E-state index is 11.9. The van der Waals surface area contributed by atoms with Gasteiger partial charge in [0.2, 0.25) is 0 Å². The molecule has 0 aliphatic carbocycles. The molecule has 1 aromatic heterocycles. The number of nitrogens with zero attached hydrogens (tertiary/aromatic N) is 2. The van der Waals surface area contributed by atoms with Gasteiger partial charge < -0.3 is 14.8 Å². The summed E-state index contributed by atoms with van der Waals surface area (Å²) in [4.78, 5) is 23.4. The van der Waals surface area contributed by atoms with Crippen LogP contribution in [0.1, 0.15) is 53.3 Å². The molecule has 1 rings (SSSR count). The van der Waals surface area contributed by atoms with Gasteiger partial charge in [0.05, 0.1) is 5.69 Å². The lowest BCUT2D eigenvalue weighted by atomic mass is 9.99. The quantitative estimate of drug-likeness (QED) is 0.860. The van der Waals surface area contributed by atoms with Crippen molar-refractivity contribution in [1.29, 1.82) is 0 Å². The van der Waals surface area contributed by atoms with E-state index in [2.05, 4.69) is 10.4 Å². The molecule has 6 heteroatoms. The molecule has 0 saturated carbocycles. The molecule has 1 heterocycles. The average molecular weight is 281 g/mol. The van der Waals surface area contributed by atoms with Gasteiger partial charge in [0.1, 0.15) is 11.1 Å². The van der Waals surface area contributed by atoms with E-state index in [0.717, 1.165) is 0 Å². The monoisotopic (exact) mass is 281 g/mol. The van der Waals surface area contributed by atoms with Gasteiger partial charge in [-0.15, -0.1) is 0 Å². The first-order valence-corrected chi connectivity index (χ1v) is 6.60. The van der Waals surface area contributed by atoms with Gasteiger partial charge in [-0.1, -0.05) is 0 Å². The molecule has 0 aliphatic heterocycles. The summed E-state index contributed by atoms with van der Waals surface area (Å²) in [5.41, 5.74) is -1.18. The predicted octanol–water partition coefficient (Wildman–Crippen LogP) is 2.40. The van der Waals surface area contributed by atoms with Gasteiger partial charge in [-0.25, -0.2) is 4.79 Å². The Morgan fingerprint density at radius 2 is 2.00 bits per heavy atom. The molecular weight excluding hydrogens is 258 g/mol. The second kappa shape index (κ2) is 5.64. The molecule has 0 aliphatic rings. The number of rotatable bonds is 4. The van der Waals surface area contributed by atoms with E-state index < -0.39 is 17.2 Å². The summed E-state index contributed by atoms with van der Waals surface area (Å²) < 4.78 is 6.90. The van der Waals surface area contributed by atoms with Gasteiger partial charge in [-0.3, -0.25) is 4.68 Å². The summed E-state index contributed by atoms with van der Waals surface area (Å²) in [7, 11) is 0. The van der Waals surface area contributed by atoms with Crippen LogP contribution in [0.5, 0.6) is 0 Å². The molecule has 0 bridgehead atoms. The molecule has 1 amide bonds. The minimum Gasteiger partial charge on any atom is -0.444 e. The van der Waals surface area contributed by atoms with E-state index in [1.807, 2.05) is 13.8 Å². The van der Waals surface area contributed by atoms with E-state index in [9.17, 15) is 9.59 Å². The number of carbonyl (C=O) groups is 2. The zero-order chi connectivity index (χ0) is 15.6. The zero-order valence-electron chi connectivity index (χ0n) is 12.9. The van der Waals surface area contributed by atoms with Gasteiger partial charge in [0.25, 0.3) is 0 Å². The van der Waals surface area contributed by atoms with Crippen LogP contribution in [0.15, 0.2) is 12.3 Å². The largest absolute Gasteiger partial charge is 0.444 e. The lowest BCUT2D eigenvalue weighted by Gasteiger charge is -2.28. The fraction of sp³-hybridized carbons (Fsp3) is 0.643. The highest BCUT2D eigenvalue weighted by atomic mass is 16.6. The van der Waals surface area contributed by atoms with Crippen LogP contribution in [0, 0.1) is 0 Å². The van der Waals surface area contributed by atoms with Crippen molar-refractivity contribution in [3.63, 3.8) is 0 Å². The topological polar surface area (TPSA) is 73.2 Å². The smallest absolute Gasteiger partial charge is 0.408 e. The Kier molecular flexibility index (Phi) is 4.57. The van der Waals surface area contributed by atoms with Crippen LogP contribution in [-0.4, -0.2) is 27.8 Å². The lowest BCUT2D eigenvalue weighted by molar-refractivity contribution is -0.113. The Bertz CT molecular complexity index is 488. The molecule has 1 atom stereocenters. The molecule has 0 radical (unpaired) electrons. The van der Waals surface area contributed by atoms with Crippen LogP contribution in [0.2, 0.25) is 0 Å². The SMILES string of the molecule is CC(C)n1nccc1C(C)(C=O)NC(=O)OC(C)(C)C. The normalized spacial score (nSPS) is 14.8. The molecule has 0 fully saturated rings. The first-order chi connectivity index (χ1) is 9.09. The van der Waals surface area contributed by atoms with Crippen LogP contribution >= 0.6 is 0 Å². The summed E-state index contributed by atoms with van der Waals surface area (Å²) in [6.45, 7) is 10.8. The average Bonchev–Trinajstić information content (AvgIpc) is 2.75. The van der Waals surface area contributed by atoms with Gasteiger partial charge >= 0.3 is 6.09 Å². The van der Waals surface area contributed by atoms with E-state index in [1.54, 1.807) is 44.6 Å². The summed E-state index contributed by atoms with van der Waals surface area (Å²) in [5.74, 6) is 0. The van der Waals surface area contributed by atoms with Crippen LogP contribution in [0.3, 0.4) is 0 Å². The number of aromatic nitrogens is 2. The van der Waals surface area contributed by atoms with E-state index >= 15 is 0 Å². The van der Waals surface area contributed by atoms with Crippen LogP contribution in [0.4, 0.5) is 4.79 Å². The Morgan fingerprint density at radius 1 is 1.40 bits per heavy atom. The summed E-state index contributed by atoms with van der Waals surface area (Å²) in [5, 5.41) is 6.78. The van der Waals surface area contributed by atoms with Crippen molar-refractivity contribution in [2.24, 2.45) is 0 Å². The van der Waals surface area contributed by atoms with Crippen molar-refractivity contribution < 1.29 is 14.3 Å². The summed E-state index contributed by atoms with van der Waals surface area (Å²) >= 11 is 0. The Balaban J connectivity index is 3.00. The Labute approximate surface area is 119 Å². The first-order valence-electron chi connectivity index (χ1n) is 6.60. The van der Waals surface area contributed by atoms with E-state index in [1.165, 1.54) is 0 Å². The number of carbonyl (C=O) groups excluding carboxylic acids is 2. The maximum atomic E-state index is 11.9. The minimum absolute atomic E-state index is 0.0831. The third-order valence-electron chi connectivity index (χ3n) is 2.69. The third-order valence-corrected chi connectivity index (χ3v) is 2.69. The molecule has 1 aromatic rings. The fourth-order valence-corrected chi connectivity index (χ4v) is 1.81. The minimum atomic E-state index is -1.18. The zero-order valence-corrected chi connectivity index (χ0v) is 12.9. The number of nitrogens with one attached hydrogen (secondary N) is 1. The Morgan fingerprint density at radius 3 is 2.45 bits per heavy atom. The molecule has 0 aromatic carbocycles. The second-order valence-electron chi connectivity index (χ2n) is 6.20. The molecular formula is C14H23N3O3. The van der Waals surface area contributed by atoms with Crippen molar-refractivity contribution in [3.8, 4) is 0 Å². The molecule has 0 saturated heterocycles. The van der Waals surface area contributed by atoms with Crippen molar-refractivity contribution in [3.05, 3.63) is 18.0 Å². The van der Waals surface area contributed by atoms with Gasteiger partial charge in [-0.05, 0) is 47.6 Å². The number of ether oxygens (including phenoxy) is 1. The fourth-order valence-electron chi connectivity index (χ4n) is 1.81. The molecule has 6 nitrogen and oxygen atoms in total.